The molecule has 0 spiro atoms. The van der Waals surface area contributed by atoms with Crippen molar-refractivity contribution >= 4 is 0 Å². The number of hydrogen-bond donors (Lipinski definition) is 1. The highest BCUT2D eigenvalue weighted by Gasteiger charge is 2.31. The van der Waals surface area contributed by atoms with Crippen molar-refractivity contribution < 1.29 is 0 Å². The lowest BCUT2D eigenvalue weighted by molar-refractivity contribution is 0.117. The lowest BCUT2D eigenvalue weighted by Crippen LogP contribution is -2.51. The third-order valence-electron chi connectivity index (χ3n) is 3.80. The van der Waals surface area contributed by atoms with Crippen LogP contribution < -0.4 is 5.73 Å². The van der Waals surface area contributed by atoms with Crippen LogP contribution in [-0.4, -0.2) is 54.6 Å². The summed E-state index contributed by atoms with van der Waals surface area (Å²) >= 11 is 0. The summed E-state index contributed by atoms with van der Waals surface area (Å²) in [5.74, 6) is 0.603. The van der Waals surface area contributed by atoms with Crippen LogP contribution in [0.3, 0.4) is 0 Å². The summed E-state index contributed by atoms with van der Waals surface area (Å²) in [6, 6.07) is 1.28. The van der Waals surface area contributed by atoms with E-state index in [4.69, 9.17) is 5.73 Å². The zero-order valence-corrected chi connectivity index (χ0v) is 10.2. The summed E-state index contributed by atoms with van der Waals surface area (Å²) in [5, 5.41) is 0. The molecule has 15 heavy (non-hydrogen) atoms. The van der Waals surface area contributed by atoms with Crippen molar-refractivity contribution in [2.45, 2.75) is 38.8 Å². The molecular formula is C12H25N3. The third-order valence-corrected chi connectivity index (χ3v) is 3.80. The smallest absolute Gasteiger partial charge is 0.0191 e. The molecule has 88 valence electrons. The maximum absolute atomic E-state index is 6.10. The number of rotatable bonds is 4. The number of nitrogens with two attached hydrogens (primary N) is 1. The lowest BCUT2D eigenvalue weighted by atomic mass is 10.0. The molecule has 1 saturated heterocycles. The van der Waals surface area contributed by atoms with Crippen molar-refractivity contribution in [1.82, 2.24) is 9.80 Å². The van der Waals surface area contributed by atoms with E-state index in [1.165, 1.54) is 39.0 Å². The van der Waals surface area contributed by atoms with Gasteiger partial charge in [0, 0.05) is 44.8 Å². The van der Waals surface area contributed by atoms with Crippen LogP contribution in [0.25, 0.3) is 0 Å². The van der Waals surface area contributed by atoms with Gasteiger partial charge in [-0.3, -0.25) is 9.80 Å². The number of hydrogen-bond acceptors (Lipinski definition) is 3. The van der Waals surface area contributed by atoms with Gasteiger partial charge in [0.2, 0.25) is 0 Å². The predicted molar refractivity (Wildman–Crippen MR) is 63.8 cm³/mol. The Morgan fingerprint density at radius 1 is 1.13 bits per heavy atom. The molecule has 2 N–H and O–H groups in total. The van der Waals surface area contributed by atoms with Crippen LogP contribution >= 0.6 is 0 Å². The molecule has 0 radical (unpaired) electrons. The van der Waals surface area contributed by atoms with Crippen molar-refractivity contribution in [3.8, 4) is 0 Å². The van der Waals surface area contributed by atoms with Crippen molar-refractivity contribution in [2.75, 3.05) is 32.7 Å². The molecule has 1 saturated carbocycles. The molecule has 2 aliphatic rings. The highest BCUT2D eigenvalue weighted by Crippen LogP contribution is 2.27. The maximum Gasteiger partial charge on any atom is 0.0191 e. The van der Waals surface area contributed by atoms with E-state index in [1.807, 2.05) is 0 Å². The van der Waals surface area contributed by atoms with E-state index in [0.29, 0.717) is 12.0 Å². The SMILES string of the molecule is CC(C)C(N)CN1CCN(C2CC2)CC1. The Kier molecular flexibility index (Phi) is 3.65. The van der Waals surface area contributed by atoms with E-state index in [-0.39, 0.29) is 0 Å². The maximum atomic E-state index is 6.10. The second-order valence-electron chi connectivity index (χ2n) is 5.48. The van der Waals surface area contributed by atoms with Gasteiger partial charge in [-0.05, 0) is 18.8 Å². The first-order valence-corrected chi connectivity index (χ1v) is 6.39. The summed E-state index contributed by atoms with van der Waals surface area (Å²) in [5.41, 5.74) is 6.10. The summed E-state index contributed by atoms with van der Waals surface area (Å²) in [4.78, 5) is 5.18. The minimum Gasteiger partial charge on any atom is -0.326 e. The van der Waals surface area contributed by atoms with Gasteiger partial charge < -0.3 is 5.73 Å². The van der Waals surface area contributed by atoms with E-state index in [2.05, 4.69) is 23.6 Å². The summed E-state index contributed by atoms with van der Waals surface area (Å²) < 4.78 is 0. The lowest BCUT2D eigenvalue weighted by Gasteiger charge is -2.36. The van der Waals surface area contributed by atoms with Crippen LogP contribution in [-0.2, 0) is 0 Å². The Labute approximate surface area is 93.6 Å². The Morgan fingerprint density at radius 2 is 1.73 bits per heavy atom. The Bertz CT molecular complexity index is 193. The Balaban J connectivity index is 1.68. The normalized spacial score (nSPS) is 27.2. The fourth-order valence-electron chi connectivity index (χ4n) is 2.26. The third kappa shape index (κ3) is 3.16. The molecule has 1 aliphatic carbocycles. The summed E-state index contributed by atoms with van der Waals surface area (Å²) in [6.45, 7) is 10.5. The highest BCUT2D eigenvalue weighted by molar-refractivity contribution is 4.88. The topological polar surface area (TPSA) is 32.5 Å². The highest BCUT2D eigenvalue weighted by atomic mass is 15.3. The number of piperazine rings is 1. The largest absolute Gasteiger partial charge is 0.326 e. The van der Waals surface area contributed by atoms with E-state index in [0.717, 1.165) is 12.6 Å². The molecule has 0 bridgehead atoms. The molecule has 1 atom stereocenters. The zero-order chi connectivity index (χ0) is 10.8. The van der Waals surface area contributed by atoms with E-state index in [9.17, 15) is 0 Å². The van der Waals surface area contributed by atoms with Gasteiger partial charge >= 0.3 is 0 Å². The molecule has 0 aromatic carbocycles. The first kappa shape index (κ1) is 11.4. The molecular weight excluding hydrogens is 186 g/mol. The first-order valence-electron chi connectivity index (χ1n) is 6.39. The zero-order valence-electron chi connectivity index (χ0n) is 10.2. The van der Waals surface area contributed by atoms with Gasteiger partial charge in [-0.25, -0.2) is 0 Å². The second kappa shape index (κ2) is 4.81. The van der Waals surface area contributed by atoms with Crippen LogP contribution in [0, 0.1) is 5.92 Å². The van der Waals surface area contributed by atoms with Crippen molar-refractivity contribution in [3.63, 3.8) is 0 Å². The average molecular weight is 211 g/mol. The molecule has 1 aliphatic heterocycles. The van der Waals surface area contributed by atoms with Crippen LogP contribution in [0.1, 0.15) is 26.7 Å². The van der Waals surface area contributed by atoms with Gasteiger partial charge in [0.15, 0.2) is 0 Å². The molecule has 3 nitrogen and oxygen atoms in total. The molecule has 2 fully saturated rings. The second-order valence-corrected chi connectivity index (χ2v) is 5.48. The Morgan fingerprint density at radius 3 is 2.20 bits per heavy atom. The monoisotopic (exact) mass is 211 g/mol. The van der Waals surface area contributed by atoms with Gasteiger partial charge in [0.1, 0.15) is 0 Å². The average Bonchev–Trinajstić information content (AvgIpc) is 3.02. The van der Waals surface area contributed by atoms with Crippen LogP contribution in [0.2, 0.25) is 0 Å². The molecule has 3 heteroatoms. The van der Waals surface area contributed by atoms with Gasteiger partial charge in [-0.1, -0.05) is 13.8 Å². The molecule has 2 rings (SSSR count). The van der Waals surface area contributed by atoms with Crippen molar-refractivity contribution in [2.24, 2.45) is 11.7 Å². The fraction of sp³-hybridized carbons (Fsp3) is 1.00. The summed E-state index contributed by atoms with van der Waals surface area (Å²) in [7, 11) is 0. The molecule has 1 unspecified atom stereocenters. The predicted octanol–water partition coefficient (Wildman–Crippen LogP) is 0.750. The molecule has 0 amide bonds. The van der Waals surface area contributed by atoms with Gasteiger partial charge in [-0.15, -0.1) is 0 Å². The van der Waals surface area contributed by atoms with E-state index >= 15 is 0 Å². The van der Waals surface area contributed by atoms with E-state index in [1.54, 1.807) is 0 Å². The van der Waals surface area contributed by atoms with Crippen LogP contribution in [0.15, 0.2) is 0 Å². The van der Waals surface area contributed by atoms with Gasteiger partial charge in [0.05, 0.1) is 0 Å². The molecule has 0 aromatic rings. The summed E-state index contributed by atoms with van der Waals surface area (Å²) in [6.07, 6.45) is 2.87. The molecule has 1 heterocycles. The Hall–Kier alpha value is -0.120. The van der Waals surface area contributed by atoms with Gasteiger partial charge in [-0.2, -0.15) is 0 Å². The van der Waals surface area contributed by atoms with Crippen LogP contribution in [0.4, 0.5) is 0 Å². The quantitative estimate of drug-likeness (QED) is 0.745. The first-order chi connectivity index (χ1) is 7.16. The molecule has 0 aromatic heterocycles. The van der Waals surface area contributed by atoms with E-state index < -0.39 is 0 Å². The minimum atomic E-state index is 0.345. The minimum absolute atomic E-state index is 0.345. The van der Waals surface area contributed by atoms with Gasteiger partial charge in [0.25, 0.3) is 0 Å². The standard InChI is InChI=1S/C12H25N3/c1-10(2)12(13)9-14-5-7-15(8-6-14)11-3-4-11/h10-12H,3-9,13H2,1-2H3. The van der Waals surface area contributed by atoms with Crippen molar-refractivity contribution in [1.29, 1.82) is 0 Å². The fourth-order valence-corrected chi connectivity index (χ4v) is 2.26. The van der Waals surface area contributed by atoms with Crippen molar-refractivity contribution in [3.05, 3.63) is 0 Å². The number of nitrogens with zero attached hydrogens (tertiary/aromatic N) is 2. The van der Waals surface area contributed by atoms with Crippen LogP contribution in [0.5, 0.6) is 0 Å².